The lowest BCUT2D eigenvalue weighted by molar-refractivity contribution is 0.332. The lowest BCUT2D eigenvalue weighted by atomic mass is 9.35. The lowest BCUT2D eigenvalue weighted by Crippen LogP contribution is -2.61. The maximum absolute atomic E-state index is 2.69. The van der Waals surface area contributed by atoms with Crippen LogP contribution in [0.2, 0.25) is 0 Å². The van der Waals surface area contributed by atoms with Crippen molar-refractivity contribution in [3.05, 3.63) is 204 Å². The van der Waals surface area contributed by atoms with Gasteiger partial charge in [0.15, 0.2) is 0 Å². The van der Waals surface area contributed by atoms with E-state index in [0.29, 0.717) is 0 Å². The molecule has 0 saturated heterocycles. The van der Waals surface area contributed by atoms with Gasteiger partial charge in [0.2, 0.25) is 0 Å². The van der Waals surface area contributed by atoms with Gasteiger partial charge in [0.1, 0.15) is 0 Å². The third-order valence-corrected chi connectivity index (χ3v) is 17.5. The number of fused-ring (bicyclic) bond motifs is 7. The second-order valence-corrected chi connectivity index (χ2v) is 25.3. The first-order valence-corrected chi connectivity index (χ1v) is 26.9. The molecule has 12 rings (SSSR count). The van der Waals surface area contributed by atoms with E-state index in [4.69, 9.17) is 0 Å². The van der Waals surface area contributed by atoms with Crippen molar-refractivity contribution in [3.8, 4) is 11.1 Å². The van der Waals surface area contributed by atoms with Crippen molar-refractivity contribution in [2.75, 3.05) is 14.7 Å². The monoisotopic (exact) mass is 956 g/mol. The van der Waals surface area contributed by atoms with E-state index in [1.54, 1.807) is 0 Å². The number of aryl methyl sites for hydroxylation is 1. The number of thiophene rings is 1. The molecule has 2 aliphatic heterocycles. The Morgan fingerprint density at radius 1 is 0.514 bits per heavy atom. The summed E-state index contributed by atoms with van der Waals surface area (Å²) in [6, 6.07) is 67.3. The van der Waals surface area contributed by atoms with Crippen LogP contribution in [0.3, 0.4) is 0 Å². The Bertz CT molecular complexity index is 3520. The van der Waals surface area contributed by atoms with Crippen molar-refractivity contribution in [2.24, 2.45) is 0 Å². The third kappa shape index (κ3) is 7.53. The van der Waals surface area contributed by atoms with Crippen LogP contribution in [0.5, 0.6) is 0 Å². The van der Waals surface area contributed by atoms with Gasteiger partial charge in [-0.05, 0) is 159 Å². The minimum Gasteiger partial charge on any atom is -0.311 e. The van der Waals surface area contributed by atoms with Crippen LogP contribution in [0, 0.1) is 6.92 Å². The fourth-order valence-electron chi connectivity index (χ4n) is 12.1. The lowest BCUT2D eigenvalue weighted by Gasteiger charge is -2.47. The van der Waals surface area contributed by atoms with E-state index >= 15 is 0 Å². The highest BCUT2D eigenvalue weighted by Crippen LogP contribution is 2.54. The quantitative estimate of drug-likeness (QED) is 0.154. The van der Waals surface area contributed by atoms with Gasteiger partial charge in [-0.2, -0.15) is 0 Å². The van der Waals surface area contributed by atoms with Crippen molar-refractivity contribution < 1.29 is 0 Å². The zero-order valence-electron chi connectivity index (χ0n) is 44.0. The SMILES string of the molecule is Cc1ccc2sc3c(c2c1)N(c1ccc(C(C)(C)C)cc1-c1ccccc1)c1cc(N(c2ccccc2)c2ccccc2)cc2c1B3c1cc3c(cc1N2c1ccc(C(C)(C)C)cc1)C(C)(C)CCC3(C)C. The van der Waals surface area contributed by atoms with E-state index in [-0.39, 0.29) is 28.4 Å². The first kappa shape index (κ1) is 46.3. The second-order valence-electron chi connectivity index (χ2n) is 24.2. The summed E-state index contributed by atoms with van der Waals surface area (Å²) < 4.78 is 2.71. The summed E-state index contributed by atoms with van der Waals surface area (Å²) in [5.74, 6) is 0. The molecule has 1 aliphatic carbocycles. The Labute approximate surface area is 432 Å². The molecule has 8 aromatic carbocycles. The summed E-state index contributed by atoms with van der Waals surface area (Å²) in [6.45, 7) is 26.1. The molecule has 9 aromatic rings. The van der Waals surface area contributed by atoms with Crippen LogP contribution < -0.4 is 30.4 Å². The molecule has 3 heterocycles. The summed E-state index contributed by atoms with van der Waals surface area (Å²) in [4.78, 5) is 7.80. The first-order chi connectivity index (χ1) is 34.4. The molecule has 1 aromatic heterocycles. The normalized spacial score (nSPS) is 15.5. The zero-order valence-corrected chi connectivity index (χ0v) is 44.8. The minimum atomic E-state index is -0.0500. The van der Waals surface area contributed by atoms with E-state index in [9.17, 15) is 0 Å². The van der Waals surface area contributed by atoms with Crippen LogP contribution in [-0.4, -0.2) is 6.71 Å². The number of hydrogen-bond acceptors (Lipinski definition) is 4. The van der Waals surface area contributed by atoms with Crippen LogP contribution in [-0.2, 0) is 21.7 Å². The first-order valence-electron chi connectivity index (χ1n) is 26.1. The molecule has 3 nitrogen and oxygen atoms in total. The van der Waals surface area contributed by atoms with Gasteiger partial charge in [-0.25, -0.2) is 0 Å². The van der Waals surface area contributed by atoms with Crippen molar-refractivity contribution >= 4 is 95.0 Å². The number of para-hydroxylation sites is 2. The molecule has 0 radical (unpaired) electrons. The van der Waals surface area contributed by atoms with Gasteiger partial charge >= 0.3 is 0 Å². The summed E-state index contributed by atoms with van der Waals surface area (Å²) in [6.07, 6.45) is 2.30. The van der Waals surface area contributed by atoms with Gasteiger partial charge in [0, 0.05) is 54.6 Å². The molecule has 0 fully saturated rings. The number of anilines is 9. The fourth-order valence-corrected chi connectivity index (χ4v) is 13.4. The summed E-state index contributed by atoms with van der Waals surface area (Å²) in [5, 5.41) is 1.30. The molecule has 0 saturated carbocycles. The Morgan fingerprint density at radius 2 is 1.07 bits per heavy atom. The number of nitrogens with zero attached hydrogens (tertiary/aromatic N) is 3. The summed E-state index contributed by atoms with van der Waals surface area (Å²) >= 11 is 1.99. The van der Waals surface area contributed by atoms with Crippen molar-refractivity contribution in [3.63, 3.8) is 0 Å². The van der Waals surface area contributed by atoms with Gasteiger partial charge in [0.25, 0.3) is 6.71 Å². The topological polar surface area (TPSA) is 9.72 Å². The number of benzene rings is 8. The fraction of sp³-hybridized carbons (Fsp3) is 0.254. The maximum atomic E-state index is 2.69. The van der Waals surface area contributed by atoms with E-state index < -0.39 is 0 Å². The van der Waals surface area contributed by atoms with Crippen LogP contribution >= 0.6 is 11.3 Å². The highest BCUT2D eigenvalue weighted by molar-refractivity contribution is 7.33. The average Bonchev–Trinajstić information content (AvgIpc) is 3.73. The third-order valence-electron chi connectivity index (χ3n) is 16.2. The highest BCUT2D eigenvalue weighted by Gasteiger charge is 2.48. The molecule has 0 atom stereocenters. The molecular weight excluding hydrogens is 890 g/mol. The van der Waals surface area contributed by atoms with Gasteiger partial charge in [-0.1, -0.05) is 172 Å². The van der Waals surface area contributed by atoms with Crippen LogP contribution in [0.25, 0.3) is 21.2 Å². The second kappa shape index (κ2) is 16.6. The van der Waals surface area contributed by atoms with Gasteiger partial charge in [-0.3, -0.25) is 0 Å². The van der Waals surface area contributed by atoms with Gasteiger partial charge in [0.05, 0.1) is 17.1 Å². The van der Waals surface area contributed by atoms with E-state index in [0.717, 1.165) is 29.9 Å². The summed E-state index contributed by atoms with van der Waals surface area (Å²) in [5.41, 5.74) is 22.7. The van der Waals surface area contributed by atoms with Crippen LogP contribution in [0.1, 0.15) is 110 Å². The molecule has 0 spiro atoms. The largest absolute Gasteiger partial charge is 0.311 e. The zero-order chi connectivity index (χ0) is 50.1. The van der Waals surface area contributed by atoms with Crippen molar-refractivity contribution in [1.29, 1.82) is 0 Å². The molecule has 3 aliphatic rings. The molecule has 358 valence electrons. The Hall–Kier alpha value is -6.82. The average molecular weight is 956 g/mol. The highest BCUT2D eigenvalue weighted by atomic mass is 32.1. The van der Waals surface area contributed by atoms with Crippen LogP contribution in [0.15, 0.2) is 176 Å². The Morgan fingerprint density at radius 3 is 1.67 bits per heavy atom. The molecule has 0 unspecified atom stereocenters. The Kier molecular flexibility index (Phi) is 10.7. The van der Waals surface area contributed by atoms with E-state index in [1.165, 1.54) is 98.9 Å². The number of hydrogen-bond donors (Lipinski definition) is 0. The molecule has 5 heteroatoms. The van der Waals surface area contributed by atoms with Crippen molar-refractivity contribution in [1.82, 2.24) is 0 Å². The molecule has 0 N–H and O–H groups in total. The Balaban J connectivity index is 1.27. The van der Waals surface area contributed by atoms with E-state index in [2.05, 4.69) is 267 Å². The molecule has 72 heavy (non-hydrogen) atoms. The predicted octanol–water partition coefficient (Wildman–Crippen LogP) is 17.4. The maximum Gasteiger partial charge on any atom is 0.264 e. The van der Waals surface area contributed by atoms with Gasteiger partial charge in [-0.15, -0.1) is 11.3 Å². The smallest absolute Gasteiger partial charge is 0.264 e. The van der Waals surface area contributed by atoms with Crippen molar-refractivity contribution in [2.45, 2.75) is 111 Å². The summed E-state index contributed by atoms with van der Waals surface area (Å²) in [7, 11) is 0. The predicted molar refractivity (Wildman–Crippen MR) is 313 cm³/mol. The molecule has 0 bridgehead atoms. The standard InChI is InChI=1S/C67H66BN3S/c1-43-27-34-60-52(37-43)62-63(72-60)68-55-41-53-54(67(10,11)36-35-66(53,8)9)42-57(55)70(49-31-28-45(29-32-49)64(2,3)4)58-39-50(69(47-23-17-13-18-24-47)48-25-19-14-20-26-48)40-59(61(58)68)71(62)56-33-30-46(65(5,6)7)38-51(56)44-21-15-12-16-22-44/h12-34,37-42H,35-36H2,1-11H3. The van der Waals surface area contributed by atoms with Gasteiger partial charge < -0.3 is 14.7 Å². The molecular formula is C67H66BN3S. The minimum absolute atomic E-state index is 0.0124. The van der Waals surface area contributed by atoms with E-state index in [1.807, 2.05) is 11.3 Å². The number of rotatable bonds is 6. The molecule has 0 amide bonds. The van der Waals surface area contributed by atoms with Crippen LogP contribution in [0.4, 0.5) is 51.2 Å².